The third kappa shape index (κ3) is 1.74. The SMILES string of the molecule is Cn1nc(Br)c(C=O)c1C(F)(F)F. The topological polar surface area (TPSA) is 34.9 Å². The van der Waals surface area contributed by atoms with Crippen LogP contribution < -0.4 is 0 Å². The average Bonchev–Trinajstić information content (AvgIpc) is 2.23. The third-order valence-electron chi connectivity index (χ3n) is 1.43. The van der Waals surface area contributed by atoms with Gasteiger partial charge in [0.05, 0.1) is 5.56 Å². The van der Waals surface area contributed by atoms with Crippen LogP contribution in [0.5, 0.6) is 0 Å². The fraction of sp³-hybridized carbons (Fsp3) is 0.333. The van der Waals surface area contributed by atoms with Gasteiger partial charge < -0.3 is 0 Å². The van der Waals surface area contributed by atoms with E-state index in [1.165, 1.54) is 0 Å². The van der Waals surface area contributed by atoms with Gasteiger partial charge in [0.25, 0.3) is 0 Å². The first-order valence-electron chi connectivity index (χ1n) is 3.12. The van der Waals surface area contributed by atoms with Crippen molar-refractivity contribution in [2.24, 2.45) is 7.05 Å². The van der Waals surface area contributed by atoms with Gasteiger partial charge in [0.15, 0.2) is 12.0 Å². The Morgan fingerprint density at radius 3 is 2.38 bits per heavy atom. The first-order valence-corrected chi connectivity index (χ1v) is 3.92. The van der Waals surface area contributed by atoms with Gasteiger partial charge in [0, 0.05) is 7.05 Å². The Balaban J connectivity index is 3.42. The van der Waals surface area contributed by atoms with Gasteiger partial charge in [0.1, 0.15) is 4.60 Å². The number of aldehydes is 1. The molecule has 3 nitrogen and oxygen atoms in total. The smallest absolute Gasteiger partial charge is 0.298 e. The molecule has 0 aliphatic heterocycles. The number of aryl methyl sites for hydroxylation is 1. The van der Waals surface area contributed by atoms with E-state index < -0.39 is 17.4 Å². The predicted molar refractivity (Wildman–Crippen MR) is 41.3 cm³/mol. The zero-order valence-corrected chi connectivity index (χ0v) is 7.98. The number of rotatable bonds is 1. The summed E-state index contributed by atoms with van der Waals surface area (Å²) in [5.41, 5.74) is -1.52. The fourth-order valence-electron chi connectivity index (χ4n) is 0.948. The largest absolute Gasteiger partial charge is 0.433 e. The quantitative estimate of drug-likeness (QED) is 0.721. The summed E-state index contributed by atoms with van der Waals surface area (Å²) in [5, 5.41) is 3.43. The van der Waals surface area contributed by atoms with E-state index in [4.69, 9.17) is 0 Å². The molecule has 7 heteroatoms. The van der Waals surface area contributed by atoms with Crippen LogP contribution in [0.3, 0.4) is 0 Å². The second kappa shape index (κ2) is 3.13. The maximum absolute atomic E-state index is 12.3. The van der Waals surface area contributed by atoms with Crippen molar-refractivity contribution in [3.63, 3.8) is 0 Å². The molecular formula is C6H4BrF3N2O. The number of carbonyl (C=O) groups is 1. The van der Waals surface area contributed by atoms with Gasteiger partial charge in [-0.2, -0.15) is 18.3 Å². The van der Waals surface area contributed by atoms with Gasteiger partial charge in [-0.3, -0.25) is 9.48 Å². The van der Waals surface area contributed by atoms with Crippen LogP contribution in [-0.4, -0.2) is 16.1 Å². The summed E-state index contributed by atoms with van der Waals surface area (Å²) in [6.07, 6.45) is -4.44. The molecule has 13 heavy (non-hydrogen) atoms. The van der Waals surface area contributed by atoms with Crippen molar-refractivity contribution in [3.05, 3.63) is 15.9 Å². The summed E-state index contributed by atoms with van der Waals surface area (Å²) in [5.74, 6) is 0. The van der Waals surface area contributed by atoms with Crippen molar-refractivity contribution >= 4 is 22.2 Å². The molecule has 1 aromatic heterocycles. The van der Waals surface area contributed by atoms with Crippen LogP contribution >= 0.6 is 15.9 Å². The number of aromatic nitrogens is 2. The highest BCUT2D eigenvalue weighted by Gasteiger charge is 2.38. The lowest BCUT2D eigenvalue weighted by Crippen LogP contribution is -2.13. The highest BCUT2D eigenvalue weighted by atomic mass is 79.9. The summed E-state index contributed by atoms with van der Waals surface area (Å²) in [6.45, 7) is 0. The van der Waals surface area contributed by atoms with Crippen molar-refractivity contribution < 1.29 is 18.0 Å². The second-order valence-electron chi connectivity index (χ2n) is 2.29. The molecule has 0 unspecified atom stereocenters. The number of nitrogens with zero attached hydrogens (tertiary/aromatic N) is 2. The molecule has 1 aromatic rings. The molecule has 0 fully saturated rings. The molecule has 1 rings (SSSR count). The van der Waals surface area contributed by atoms with Crippen LogP contribution in [-0.2, 0) is 13.2 Å². The molecule has 0 saturated heterocycles. The molecular weight excluding hydrogens is 253 g/mol. The van der Waals surface area contributed by atoms with Gasteiger partial charge in [-0.15, -0.1) is 0 Å². The van der Waals surface area contributed by atoms with Crippen molar-refractivity contribution in [2.75, 3.05) is 0 Å². The molecule has 72 valence electrons. The Kier molecular flexibility index (Phi) is 2.47. The lowest BCUT2D eigenvalue weighted by Gasteiger charge is -2.06. The maximum atomic E-state index is 12.3. The number of hydrogen-bond donors (Lipinski definition) is 0. The van der Waals surface area contributed by atoms with Gasteiger partial charge in [0.2, 0.25) is 0 Å². The van der Waals surface area contributed by atoms with E-state index in [-0.39, 0.29) is 10.9 Å². The van der Waals surface area contributed by atoms with Gasteiger partial charge >= 0.3 is 6.18 Å². The average molecular weight is 257 g/mol. The second-order valence-corrected chi connectivity index (χ2v) is 3.04. The molecule has 0 aliphatic carbocycles. The highest BCUT2D eigenvalue weighted by molar-refractivity contribution is 9.10. The lowest BCUT2D eigenvalue weighted by molar-refractivity contribution is -0.143. The molecule has 0 radical (unpaired) electrons. The van der Waals surface area contributed by atoms with Crippen molar-refractivity contribution in [2.45, 2.75) is 6.18 Å². The van der Waals surface area contributed by atoms with Gasteiger partial charge in [-0.25, -0.2) is 0 Å². The summed E-state index contributed by atoms with van der Waals surface area (Å²) >= 11 is 2.76. The molecule has 0 amide bonds. The van der Waals surface area contributed by atoms with Crippen LogP contribution in [0.25, 0.3) is 0 Å². The van der Waals surface area contributed by atoms with Crippen molar-refractivity contribution in [3.8, 4) is 0 Å². The van der Waals surface area contributed by atoms with E-state index in [2.05, 4.69) is 21.0 Å². The van der Waals surface area contributed by atoms with E-state index in [9.17, 15) is 18.0 Å². The zero-order valence-electron chi connectivity index (χ0n) is 6.39. The molecule has 0 saturated carbocycles. The Morgan fingerprint density at radius 1 is 1.54 bits per heavy atom. The number of carbonyl (C=O) groups excluding carboxylic acids is 1. The van der Waals surface area contributed by atoms with Crippen LogP contribution in [0, 0.1) is 0 Å². The molecule has 0 atom stereocenters. The summed E-state index contributed by atoms with van der Waals surface area (Å²) in [4.78, 5) is 10.3. The molecule has 0 spiro atoms. The minimum atomic E-state index is -4.57. The molecule has 0 N–H and O–H groups in total. The normalized spacial score (nSPS) is 11.8. The van der Waals surface area contributed by atoms with E-state index >= 15 is 0 Å². The molecule has 0 bridgehead atoms. The van der Waals surface area contributed by atoms with Crippen molar-refractivity contribution in [1.82, 2.24) is 9.78 Å². The van der Waals surface area contributed by atoms with E-state index in [1.54, 1.807) is 0 Å². The van der Waals surface area contributed by atoms with E-state index in [1.807, 2.05) is 0 Å². The van der Waals surface area contributed by atoms with Crippen LogP contribution in [0.1, 0.15) is 16.1 Å². The van der Waals surface area contributed by atoms with Crippen LogP contribution in [0.4, 0.5) is 13.2 Å². The summed E-state index contributed by atoms with van der Waals surface area (Å²) in [6, 6.07) is 0. The monoisotopic (exact) mass is 256 g/mol. The standard InChI is InChI=1S/C6H4BrF3N2O/c1-12-4(6(8,9)10)3(2-13)5(7)11-12/h2H,1H3. The number of alkyl halides is 3. The Bertz CT molecular complexity index is 344. The minimum Gasteiger partial charge on any atom is -0.298 e. The van der Waals surface area contributed by atoms with Gasteiger partial charge in [-0.05, 0) is 15.9 Å². The predicted octanol–water partition coefficient (Wildman–Crippen LogP) is 2.01. The number of hydrogen-bond acceptors (Lipinski definition) is 2. The van der Waals surface area contributed by atoms with Gasteiger partial charge in [-0.1, -0.05) is 0 Å². The fourth-order valence-corrected chi connectivity index (χ4v) is 1.47. The number of halogens is 4. The molecule has 0 aliphatic rings. The van der Waals surface area contributed by atoms with Crippen LogP contribution in [0.2, 0.25) is 0 Å². The first kappa shape index (κ1) is 10.2. The Morgan fingerprint density at radius 2 is 2.08 bits per heavy atom. The third-order valence-corrected chi connectivity index (χ3v) is 2.01. The summed E-state index contributed by atoms with van der Waals surface area (Å²) in [7, 11) is 1.13. The zero-order chi connectivity index (χ0) is 10.2. The minimum absolute atomic E-state index is 0.0997. The first-order chi connectivity index (χ1) is 5.88. The van der Waals surface area contributed by atoms with E-state index in [0.29, 0.717) is 4.68 Å². The Labute approximate surface area is 79.7 Å². The molecule has 1 heterocycles. The van der Waals surface area contributed by atoms with E-state index in [0.717, 1.165) is 7.05 Å². The van der Waals surface area contributed by atoms with Crippen molar-refractivity contribution in [1.29, 1.82) is 0 Å². The Hall–Kier alpha value is -0.850. The molecule has 0 aromatic carbocycles. The maximum Gasteiger partial charge on any atom is 0.433 e. The highest BCUT2D eigenvalue weighted by Crippen LogP contribution is 2.33. The lowest BCUT2D eigenvalue weighted by atomic mass is 10.2. The summed E-state index contributed by atoms with van der Waals surface area (Å²) < 4.78 is 37.3. The van der Waals surface area contributed by atoms with Crippen LogP contribution in [0.15, 0.2) is 4.60 Å².